The van der Waals surface area contributed by atoms with Crippen LogP contribution in [0.2, 0.25) is 0 Å². The molecule has 3 rings (SSSR count). The highest BCUT2D eigenvalue weighted by Crippen LogP contribution is 2.33. The van der Waals surface area contributed by atoms with Crippen molar-refractivity contribution in [2.75, 3.05) is 32.7 Å². The summed E-state index contributed by atoms with van der Waals surface area (Å²) in [7, 11) is 3.47. The van der Waals surface area contributed by atoms with Crippen molar-refractivity contribution in [2.24, 2.45) is 0 Å². The Labute approximate surface area is 123 Å². The minimum absolute atomic E-state index is 0.439. The predicted molar refractivity (Wildman–Crippen MR) is 78.7 cm³/mol. The molecule has 0 bridgehead atoms. The molecule has 0 saturated heterocycles. The predicted octanol–water partition coefficient (Wildman–Crippen LogP) is 2.10. The van der Waals surface area contributed by atoms with E-state index in [-0.39, 0.29) is 0 Å². The van der Waals surface area contributed by atoms with Gasteiger partial charge in [0.05, 0.1) is 12.3 Å². The monoisotopic (exact) mass is 287 g/mol. The lowest BCUT2D eigenvalue weighted by Gasteiger charge is -2.18. The molecule has 1 aromatic carbocycles. The maximum absolute atomic E-state index is 5.60. The normalized spacial score (nSPS) is 13.0. The maximum Gasteiger partial charge on any atom is 0.162 e. The lowest BCUT2D eigenvalue weighted by atomic mass is 10.1. The number of anilines is 1. The fourth-order valence-electron chi connectivity index (χ4n) is 2.16. The highest BCUT2D eigenvalue weighted by Gasteiger charge is 2.14. The Hall–Kier alpha value is -2.34. The standard InChI is InChI=1S/C15H17N3O3/c1-16-14-8-11(9-19-2)17-15(18-14)10-3-4-12-13(7-10)21-6-5-20-12/h3-4,7-8H,5-6,9H2,1-2H3,(H,16,17,18). The van der Waals surface area contributed by atoms with E-state index in [2.05, 4.69) is 15.3 Å². The largest absolute Gasteiger partial charge is 0.486 e. The molecule has 6 nitrogen and oxygen atoms in total. The summed E-state index contributed by atoms with van der Waals surface area (Å²) in [6.07, 6.45) is 0. The van der Waals surface area contributed by atoms with E-state index in [1.807, 2.05) is 31.3 Å². The van der Waals surface area contributed by atoms with Crippen LogP contribution in [0, 0.1) is 0 Å². The van der Waals surface area contributed by atoms with E-state index >= 15 is 0 Å². The van der Waals surface area contributed by atoms with Crippen molar-refractivity contribution in [3.8, 4) is 22.9 Å². The topological polar surface area (TPSA) is 65.5 Å². The van der Waals surface area contributed by atoms with Gasteiger partial charge in [-0.25, -0.2) is 9.97 Å². The number of nitrogens with zero attached hydrogens (tertiary/aromatic N) is 2. The van der Waals surface area contributed by atoms with Crippen LogP contribution < -0.4 is 14.8 Å². The van der Waals surface area contributed by atoms with Gasteiger partial charge in [0.25, 0.3) is 0 Å². The Morgan fingerprint density at radius 1 is 1.14 bits per heavy atom. The first-order chi connectivity index (χ1) is 10.3. The maximum atomic E-state index is 5.60. The summed E-state index contributed by atoms with van der Waals surface area (Å²) in [6.45, 7) is 1.58. The van der Waals surface area contributed by atoms with Crippen LogP contribution in [0.1, 0.15) is 5.69 Å². The van der Waals surface area contributed by atoms with Crippen LogP contribution in [-0.2, 0) is 11.3 Å². The molecule has 0 radical (unpaired) electrons. The minimum atomic E-state index is 0.439. The number of fused-ring (bicyclic) bond motifs is 1. The molecule has 2 aromatic rings. The SMILES string of the molecule is CNc1cc(COC)nc(-c2ccc3c(c2)OCCO3)n1. The van der Waals surface area contributed by atoms with Gasteiger partial charge in [0.15, 0.2) is 17.3 Å². The fourth-order valence-corrected chi connectivity index (χ4v) is 2.16. The van der Waals surface area contributed by atoms with Gasteiger partial charge < -0.3 is 19.5 Å². The van der Waals surface area contributed by atoms with Crippen molar-refractivity contribution in [2.45, 2.75) is 6.61 Å². The molecular weight excluding hydrogens is 270 g/mol. The minimum Gasteiger partial charge on any atom is -0.486 e. The van der Waals surface area contributed by atoms with Gasteiger partial charge >= 0.3 is 0 Å². The number of benzene rings is 1. The van der Waals surface area contributed by atoms with Gasteiger partial charge in [-0.2, -0.15) is 0 Å². The van der Waals surface area contributed by atoms with Gasteiger partial charge in [0.1, 0.15) is 19.0 Å². The Kier molecular flexibility index (Phi) is 3.87. The second-order valence-corrected chi connectivity index (χ2v) is 4.61. The Morgan fingerprint density at radius 3 is 2.71 bits per heavy atom. The average molecular weight is 287 g/mol. The number of rotatable bonds is 4. The molecule has 0 atom stereocenters. The number of nitrogens with one attached hydrogen (secondary N) is 1. The molecule has 0 unspecified atom stereocenters. The van der Waals surface area contributed by atoms with Crippen molar-refractivity contribution in [3.63, 3.8) is 0 Å². The average Bonchev–Trinajstić information content (AvgIpc) is 2.54. The molecule has 1 aromatic heterocycles. The lowest BCUT2D eigenvalue weighted by molar-refractivity contribution is 0.171. The zero-order valence-corrected chi connectivity index (χ0v) is 12.0. The van der Waals surface area contributed by atoms with Crippen molar-refractivity contribution in [3.05, 3.63) is 30.0 Å². The third-order valence-electron chi connectivity index (χ3n) is 3.13. The van der Waals surface area contributed by atoms with Gasteiger partial charge in [0, 0.05) is 25.8 Å². The lowest BCUT2D eigenvalue weighted by Crippen LogP contribution is -2.15. The van der Waals surface area contributed by atoms with Crippen LogP contribution in [0.3, 0.4) is 0 Å². The summed E-state index contributed by atoms with van der Waals surface area (Å²) in [4.78, 5) is 9.00. The third-order valence-corrected chi connectivity index (χ3v) is 3.13. The van der Waals surface area contributed by atoms with Crippen LogP contribution in [0.5, 0.6) is 11.5 Å². The number of hydrogen-bond acceptors (Lipinski definition) is 6. The van der Waals surface area contributed by atoms with Crippen molar-refractivity contribution in [1.82, 2.24) is 9.97 Å². The van der Waals surface area contributed by atoms with E-state index in [9.17, 15) is 0 Å². The number of aromatic nitrogens is 2. The molecule has 110 valence electrons. The Bertz CT molecular complexity index is 646. The van der Waals surface area contributed by atoms with Gasteiger partial charge in [-0.3, -0.25) is 0 Å². The highest BCUT2D eigenvalue weighted by atomic mass is 16.6. The van der Waals surface area contributed by atoms with Crippen LogP contribution in [0.4, 0.5) is 5.82 Å². The van der Waals surface area contributed by atoms with Crippen LogP contribution in [0.15, 0.2) is 24.3 Å². The second-order valence-electron chi connectivity index (χ2n) is 4.61. The molecular formula is C15H17N3O3. The fraction of sp³-hybridized carbons (Fsp3) is 0.333. The summed E-state index contributed by atoms with van der Waals surface area (Å²) in [5.74, 6) is 2.87. The molecule has 0 spiro atoms. The van der Waals surface area contributed by atoms with Crippen molar-refractivity contribution in [1.29, 1.82) is 0 Å². The second kappa shape index (κ2) is 5.97. The molecule has 1 aliphatic rings. The molecule has 2 heterocycles. The van der Waals surface area contributed by atoms with E-state index in [1.165, 1.54) is 0 Å². The quantitative estimate of drug-likeness (QED) is 0.929. The first-order valence-corrected chi connectivity index (χ1v) is 6.75. The zero-order valence-electron chi connectivity index (χ0n) is 12.0. The molecule has 21 heavy (non-hydrogen) atoms. The molecule has 1 N–H and O–H groups in total. The summed E-state index contributed by atoms with van der Waals surface area (Å²) in [6, 6.07) is 7.58. The molecule has 0 amide bonds. The summed E-state index contributed by atoms with van der Waals surface area (Å²) in [5, 5.41) is 3.04. The summed E-state index contributed by atoms with van der Waals surface area (Å²) < 4.78 is 16.3. The van der Waals surface area contributed by atoms with E-state index in [0.29, 0.717) is 25.6 Å². The first kappa shape index (κ1) is 13.6. The molecule has 1 aliphatic heterocycles. The molecule has 0 fully saturated rings. The molecule has 0 aliphatic carbocycles. The van der Waals surface area contributed by atoms with E-state index in [4.69, 9.17) is 14.2 Å². The Balaban J connectivity index is 2.00. The number of hydrogen-bond donors (Lipinski definition) is 1. The Morgan fingerprint density at radius 2 is 1.95 bits per heavy atom. The third kappa shape index (κ3) is 2.90. The summed E-state index contributed by atoms with van der Waals surface area (Å²) in [5.41, 5.74) is 1.70. The van der Waals surface area contributed by atoms with Crippen molar-refractivity contribution < 1.29 is 14.2 Å². The van der Waals surface area contributed by atoms with E-state index in [0.717, 1.165) is 28.6 Å². The smallest absolute Gasteiger partial charge is 0.162 e. The van der Waals surface area contributed by atoms with E-state index < -0.39 is 0 Å². The van der Waals surface area contributed by atoms with Crippen LogP contribution in [-0.4, -0.2) is 37.3 Å². The van der Waals surface area contributed by atoms with E-state index in [1.54, 1.807) is 7.11 Å². The van der Waals surface area contributed by atoms with Gasteiger partial charge in [-0.15, -0.1) is 0 Å². The van der Waals surface area contributed by atoms with Gasteiger partial charge in [-0.1, -0.05) is 0 Å². The van der Waals surface area contributed by atoms with Crippen LogP contribution in [0.25, 0.3) is 11.4 Å². The zero-order chi connectivity index (χ0) is 14.7. The van der Waals surface area contributed by atoms with Gasteiger partial charge in [-0.05, 0) is 18.2 Å². The molecule has 6 heteroatoms. The molecule has 0 saturated carbocycles. The summed E-state index contributed by atoms with van der Waals surface area (Å²) >= 11 is 0. The highest BCUT2D eigenvalue weighted by molar-refractivity contribution is 5.62. The first-order valence-electron chi connectivity index (χ1n) is 6.75. The number of ether oxygens (including phenoxy) is 3. The number of methoxy groups -OCH3 is 1. The van der Waals surface area contributed by atoms with Crippen molar-refractivity contribution >= 4 is 5.82 Å². The van der Waals surface area contributed by atoms with Gasteiger partial charge in [0.2, 0.25) is 0 Å². The van der Waals surface area contributed by atoms with Crippen LogP contribution >= 0.6 is 0 Å².